The zero-order valence-corrected chi connectivity index (χ0v) is 16.4. The highest BCUT2D eigenvalue weighted by Gasteiger charge is 2.25. The van der Waals surface area contributed by atoms with E-state index in [4.69, 9.17) is 23.2 Å². The Kier molecular flexibility index (Phi) is 7.85. The average molecular weight is 359 g/mol. The lowest BCUT2D eigenvalue weighted by molar-refractivity contribution is -0.132. The van der Waals surface area contributed by atoms with Crippen LogP contribution in [-0.4, -0.2) is 48.4 Å². The topological polar surface area (TPSA) is 23.6 Å². The summed E-state index contributed by atoms with van der Waals surface area (Å²) in [5.74, 6) is 0.484. The van der Waals surface area contributed by atoms with E-state index in [0.717, 1.165) is 12.1 Å². The highest BCUT2D eigenvalue weighted by atomic mass is 35.5. The van der Waals surface area contributed by atoms with E-state index in [-0.39, 0.29) is 11.9 Å². The number of carbonyl (C=O) groups is 1. The number of halogens is 2. The standard InChI is InChI=1S/C18H28Cl2N2O/c1-12(2)17(11-21(5)13(3)4)22(6)18(23)10-14-7-8-15(19)16(20)9-14/h7-9,12-13,17H,10-11H2,1-6H3/t17-/m1/s1. The number of amides is 1. The average Bonchev–Trinajstić information content (AvgIpc) is 2.47. The largest absolute Gasteiger partial charge is 0.341 e. The molecule has 1 amide bonds. The summed E-state index contributed by atoms with van der Waals surface area (Å²) in [6.45, 7) is 9.49. The van der Waals surface area contributed by atoms with Gasteiger partial charge in [-0.15, -0.1) is 0 Å². The Morgan fingerprint density at radius 3 is 2.17 bits per heavy atom. The summed E-state index contributed by atoms with van der Waals surface area (Å²) in [4.78, 5) is 16.8. The second-order valence-electron chi connectivity index (χ2n) is 6.77. The molecule has 0 heterocycles. The number of nitrogens with zero attached hydrogens (tertiary/aromatic N) is 2. The van der Waals surface area contributed by atoms with E-state index < -0.39 is 0 Å². The van der Waals surface area contributed by atoms with Crippen molar-refractivity contribution in [1.29, 1.82) is 0 Å². The molecule has 3 nitrogen and oxygen atoms in total. The molecule has 0 saturated heterocycles. The molecule has 130 valence electrons. The van der Waals surface area contributed by atoms with E-state index in [9.17, 15) is 4.79 Å². The van der Waals surface area contributed by atoms with Gasteiger partial charge in [0.05, 0.1) is 16.5 Å². The number of benzene rings is 1. The number of rotatable bonds is 7. The molecule has 0 saturated carbocycles. The summed E-state index contributed by atoms with van der Waals surface area (Å²) in [5, 5.41) is 0.995. The van der Waals surface area contributed by atoms with Crippen molar-refractivity contribution in [2.45, 2.75) is 46.2 Å². The van der Waals surface area contributed by atoms with Gasteiger partial charge in [-0.1, -0.05) is 43.1 Å². The molecule has 1 rings (SSSR count). The Bertz CT molecular complexity index is 532. The molecule has 23 heavy (non-hydrogen) atoms. The van der Waals surface area contributed by atoms with Crippen molar-refractivity contribution in [2.75, 3.05) is 20.6 Å². The van der Waals surface area contributed by atoms with Crippen LogP contribution in [0.15, 0.2) is 18.2 Å². The zero-order valence-electron chi connectivity index (χ0n) is 14.9. The van der Waals surface area contributed by atoms with Crippen LogP contribution in [0.25, 0.3) is 0 Å². The molecule has 5 heteroatoms. The van der Waals surface area contributed by atoms with Gasteiger partial charge in [0.2, 0.25) is 5.91 Å². The van der Waals surface area contributed by atoms with Crippen LogP contribution in [0.4, 0.5) is 0 Å². The third kappa shape index (κ3) is 5.98. The van der Waals surface area contributed by atoms with Gasteiger partial charge in [-0.25, -0.2) is 0 Å². The molecule has 0 unspecified atom stereocenters. The molecule has 0 spiro atoms. The summed E-state index contributed by atoms with van der Waals surface area (Å²) in [6.07, 6.45) is 0.335. The van der Waals surface area contributed by atoms with Crippen LogP contribution < -0.4 is 0 Å². The lowest BCUT2D eigenvalue weighted by Crippen LogP contribution is -2.48. The van der Waals surface area contributed by atoms with Gasteiger partial charge >= 0.3 is 0 Å². The quantitative estimate of drug-likeness (QED) is 0.722. The summed E-state index contributed by atoms with van der Waals surface area (Å²) >= 11 is 12.0. The molecule has 0 bridgehead atoms. The molecule has 0 aliphatic carbocycles. The van der Waals surface area contributed by atoms with Crippen molar-refractivity contribution < 1.29 is 4.79 Å². The van der Waals surface area contributed by atoms with Gasteiger partial charge in [-0.3, -0.25) is 4.79 Å². The van der Waals surface area contributed by atoms with Crippen LogP contribution in [0.3, 0.4) is 0 Å². The second-order valence-corrected chi connectivity index (χ2v) is 7.59. The van der Waals surface area contributed by atoms with Gasteiger partial charge in [-0.05, 0) is 44.5 Å². The van der Waals surface area contributed by atoms with Gasteiger partial charge in [-0.2, -0.15) is 0 Å². The van der Waals surface area contributed by atoms with E-state index in [1.165, 1.54) is 0 Å². The van der Waals surface area contributed by atoms with Gasteiger partial charge in [0.25, 0.3) is 0 Å². The van der Waals surface area contributed by atoms with E-state index in [2.05, 4.69) is 39.6 Å². The van der Waals surface area contributed by atoms with Crippen LogP contribution in [0.5, 0.6) is 0 Å². The Morgan fingerprint density at radius 2 is 1.70 bits per heavy atom. The minimum Gasteiger partial charge on any atom is -0.341 e. The number of hydrogen-bond donors (Lipinski definition) is 0. The van der Waals surface area contributed by atoms with Crippen LogP contribution in [-0.2, 0) is 11.2 Å². The van der Waals surface area contributed by atoms with Gasteiger partial charge in [0.1, 0.15) is 0 Å². The molecule has 0 radical (unpaired) electrons. The first kappa shape index (κ1) is 20.3. The maximum Gasteiger partial charge on any atom is 0.227 e. The fraction of sp³-hybridized carbons (Fsp3) is 0.611. The van der Waals surface area contributed by atoms with Gasteiger partial charge in [0.15, 0.2) is 0 Å². The summed E-state index contributed by atoms with van der Waals surface area (Å²) in [7, 11) is 3.98. The van der Waals surface area contributed by atoms with Gasteiger partial charge < -0.3 is 9.80 Å². The number of carbonyl (C=O) groups excluding carboxylic acids is 1. The van der Waals surface area contributed by atoms with Gasteiger partial charge in [0, 0.05) is 25.7 Å². The Hall–Kier alpha value is -0.770. The van der Waals surface area contributed by atoms with E-state index in [1.807, 2.05) is 18.0 Å². The van der Waals surface area contributed by atoms with Crippen molar-refractivity contribution in [3.8, 4) is 0 Å². The van der Waals surface area contributed by atoms with Crippen LogP contribution in [0, 0.1) is 5.92 Å². The number of hydrogen-bond acceptors (Lipinski definition) is 2. The maximum atomic E-state index is 12.6. The van der Waals surface area contributed by atoms with E-state index in [0.29, 0.717) is 28.4 Å². The molecule has 1 atom stereocenters. The second kappa shape index (κ2) is 8.91. The van der Waals surface area contributed by atoms with Crippen molar-refractivity contribution in [2.24, 2.45) is 5.92 Å². The van der Waals surface area contributed by atoms with Crippen LogP contribution in [0.2, 0.25) is 10.0 Å². The molecular formula is C18H28Cl2N2O. The highest BCUT2D eigenvalue weighted by Crippen LogP contribution is 2.23. The third-order valence-electron chi connectivity index (χ3n) is 4.36. The highest BCUT2D eigenvalue weighted by molar-refractivity contribution is 6.42. The minimum atomic E-state index is 0.0965. The van der Waals surface area contributed by atoms with Crippen molar-refractivity contribution in [3.05, 3.63) is 33.8 Å². The maximum absolute atomic E-state index is 12.6. The van der Waals surface area contributed by atoms with Crippen molar-refractivity contribution >= 4 is 29.1 Å². The Labute approximate surface area is 150 Å². The smallest absolute Gasteiger partial charge is 0.227 e. The first-order valence-electron chi connectivity index (χ1n) is 8.03. The molecule has 1 aromatic rings. The lowest BCUT2D eigenvalue weighted by Gasteiger charge is -2.36. The fourth-order valence-corrected chi connectivity index (χ4v) is 2.74. The molecule has 0 aliphatic rings. The van der Waals surface area contributed by atoms with Crippen LogP contribution in [0.1, 0.15) is 33.3 Å². The first-order valence-corrected chi connectivity index (χ1v) is 8.78. The van der Waals surface area contributed by atoms with Crippen molar-refractivity contribution in [3.63, 3.8) is 0 Å². The molecule has 0 N–H and O–H groups in total. The molecule has 0 aromatic heterocycles. The van der Waals surface area contributed by atoms with Crippen LogP contribution >= 0.6 is 23.2 Å². The molecular weight excluding hydrogens is 331 g/mol. The molecule has 1 aromatic carbocycles. The first-order chi connectivity index (χ1) is 10.6. The molecule has 0 fully saturated rings. The molecule has 0 aliphatic heterocycles. The predicted octanol–water partition coefficient (Wildman–Crippen LogP) is 4.36. The monoisotopic (exact) mass is 358 g/mol. The van der Waals surface area contributed by atoms with Crippen molar-refractivity contribution in [1.82, 2.24) is 9.80 Å². The SMILES string of the molecule is CC(C)[C@@H](CN(C)C(C)C)N(C)C(=O)Cc1ccc(Cl)c(Cl)c1. The summed E-state index contributed by atoms with van der Waals surface area (Å²) in [6, 6.07) is 5.98. The zero-order chi connectivity index (χ0) is 17.7. The minimum absolute atomic E-state index is 0.0965. The lowest BCUT2D eigenvalue weighted by atomic mass is 10.0. The Morgan fingerprint density at radius 1 is 1.09 bits per heavy atom. The third-order valence-corrected chi connectivity index (χ3v) is 5.10. The normalized spacial score (nSPS) is 13.0. The number of likely N-dealkylation sites (N-methyl/N-ethyl adjacent to an activating group) is 2. The van der Waals surface area contributed by atoms with E-state index in [1.54, 1.807) is 12.1 Å². The predicted molar refractivity (Wildman–Crippen MR) is 99.3 cm³/mol. The summed E-state index contributed by atoms with van der Waals surface area (Å²) in [5.41, 5.74) is 0.885. The van der Waals surface area contributed by atoms with E-state index >= 15 is 0 Å². The Balaban J connectivity index is 2.80. The summed E-state index contributed by atoms with van der Waals surface area (Å²) < 4.78 is 0. The fourth-order valence-electron chi connectivity index (χ4n) is 2.42.